The molecule has 16 heavy (non-hydrogen) atoms. The van der Waals surface area contributed by atoms with Crippen LogP contribution in [0.15, 0.2) is 12.7 Å². The van der Waals surface area contributed by atoms with Crippen molar-refractivity contribution in [1.29, 1.82) is 0 Å². The van der Waals surface area contributed by atoms with Crippen LogP contribution in [0.4, 0.5) is 11.6 Å². The van der Waals surface area contributed by atoms with Crippen LogP contribution in [0.1, 0.15) is 0 Å². The Morgan fingerprint density at radius 1 is 1.06 bits per heavy atom. The fraction of sp³-hybridized carbons (Fsp3) is 0. The number of H-pyrrole nitrogens is 2. The average Bonchev–Trinajstić information content (AvgIpc) is 2.84. The fourth-order valence-electron chi connectivity index (χ4n) is 1.46. The lowest BCUT2D eigenvalue weighted by Gasteiger charge is -1.91. The third-order valence-corrected chi connectivity index (χ3v) is 2.22. The maximum Gasteiger partial charge on any atom is 0.183 e. The smallest absolute Gasteiger partial charge is 0.183 e. The summed E-state index contributed by atoms with van der Waals surface area (Å²) in [7, 11) is 0. The molecular formula is C8H8N8. The third kappa shape index (κ3) is 1.10. The topological polar surface area (TPSA) is 135 Å². The van der Waals surface area contributed by atoms with Gasteiger partial charge in [0.15, 0.2) is 23.1 Å². The number of anilines is 2. The summed E-state index contributed by atoms with van der Waals surface area (Å²) in [6.45, 7) is 0. The molecule has 0 amide bonds. The van der Waals surface area contributed by atoms with Gasteiger partial charge in [-0.25, -0.2) is 19.9 Å². The van der Waals surface area contributed by atoms with E-state index in [1.165, 1.54) is 12.7 Å². The SMILES string of the molecule is Nc1nc[nH]c1-c1nc2ncnc(N)c2[nH]1. The van der Waals surface area contributed by atoms with Crippen molar-refractivity contribution in [2.24, 2.45) is 0 Å². The van der Waals surface area contributed by atoms with Crippen molar-refractivity contribution in [2.45, 2.75) is 0 Å². The highest BCUT2D eigenvalue weighted by Gasteiger charge is 2.12. The molecule has 0 aliphatic rings. The highest BCUT2D eigenvalue weighted by Crippen LogP contribution is 2.22. The summed E-state index contributed by atoms with van der Waals surface area (Å²) in [5.74, 6) is 1.25. The van der Waals surface area contributed by atoms with E-state index >= 15 is 0 Å². The van der Waals surface area contributed by atoms with E-state index in [9.17, 15) is 0 Å². The molecular weight excluding hydrogens is 208 g/mol. The minimum Gasteiger partial charge on any atom is -0.382 e. The van der Waals surface area contributed by atoms with Crippen LogP contribution in [0.2, 0.25) is 0 Å². The number of hydrogen-bond donors (Lipinski definition) is 4. The van der Waals surface area contributed by atoms with Crippen molar-refractivity contribution in [3.63, 3.8) is 0 Å². The molecule has 3 heterocycles. The van der Waals surface area contributed by atoms with E-state index in [1.54, 1.807) is 0 Å². The van der Waals surface area contributed by atoms with Gasteiger partial charge in [0.2, 0.25) is 0 Å². The molecule has 3 aromatic rings. The Bertz CT molecular complexity index is 651. The van der Waals surface area contributed by atoms with E-state index in [4.69, 9.17) is 11.5 Å². The summed E-state index contributed by atoms with van der Waals surface area (Å²) in [6.07, 6.45) is 2.85. The lowest BCUT2D eigenvalue weighted by atomic mass is 10.4. The quantitative estimate of drug-likeness (QED) is 0.448. The molecule has 0 fully saturated rings. The van der Waals surface area contributed by atoms with Crippen molar-refractivity contribution in [1.82, 2.24) is 29.9 Å². The molecule has 0 radical (unpaired) electrons. The molecule has 0 aromatic carbocycles. The first-order valence-electron chi connectivity index (χ1n) is 4.51. The summed E-state index contributed by atoms with van der Waals surface area (Å²) in [5.41, 5.74) is 13.0. The Morgan fingerprint density at radius 3 is 2.62 bits per heavy atom. The van der Waals surface area contributed by atoms with Gasteiger partial charge in [0.1, 0.15) is 17.5 Å². The van der Waals surface area contributed by atoms with Crippen LogP contribution in [-0.2, 0) is 0 Å². The van der Waals surface area contributed by atoms with Gasteiger partial charge in [-0.15, -0.1) is 0 Å². The molecule has 0 aliphatic heterocycles. The number of nitrogens with two attached hydrogens (primary N) is 2. The summed E-state index contributed by atoms with van der Waals surface area (Å²) in [6, 6.07) is 0. The number of aromatic amines is 2. The van der Waals surface area contributed by atoms with Crippen molar-refractivity contribution >= 4 is 22.8 Å². The van der Waals surface area contributed by atoms with E-state index in [0.29, 0.717) is 34.3 Å². The fourth-order valence-corrected chi connectivity index (χ4v) is 1.46. The number of imidazole rings is 2. The second-order valence-corrected chi connectivity index (χ2v) is 3.21. The number of hydrogen-bond acceptors (Lipinski definition) is 6. The van der Waals surface area contributed by atoms with Crippen LogP contribution in [0, 0.1) is 0 Å². The number of nitrogens with zero attached hydrogens (tertiary/aromatic N) is 4. The molecule has 0 atom stereocenters. The molecule has 8 nitrogen and oxygen atoms in total. The van der Waals surface area contributed by atoms with Gasteiger partial charge in [0, 0.05) is 0 Å². The van der Waals surface area contributed by atoms with Crippen LogP contribution in [-0.4, -0.2) is 29.9 Å². The number of nitrogens with one attached hydrogen (secondary N) is 2. The zero-order chi connectivity index (χ0) is 11.1. The normalized spacial score (nSPS) is 11.0. The van der Waals surface area contributed by atoms with E-state index in [-0.39, 0.29) is 0 Å². The van der Waals surface area contributed by atoms with Crippen molar-refractivity contribution in [3.8, 4) is 11.5 Å². The maximum absolute atomic E-state index is 5.68. The average molecular weight is 216 g/mol. The van der Waals surface area contributed by atoms with Gasteiger partial charge >= 0.3 is 0 Å². The van der Waals surface area contributed by atoms with E-state index < -0.39 is 0 Å². The second kappa shape index (κ2) is 2.92. The zero-order valence-electron chi connectivity index (χ0n) is 8.10. The molecule has 80 valence electrons. The van der Waals surface area contributed by atoms with Crippen LogP contribution in [0.5, 0.6) is 0 Å². The largest absolute Gasteiger partial charge is 0.382 e. The second-order valence-electron chi connectivity index (χ2n) is 3.21. The van der Waals surface area contributed by atoms with E-state index in [0.717, 1.165) is 0 Å². The Balaban J connectivity index is 2.27. The molecule has 8 heteroatoms. The first kappa shape index (κ1) is 8.65. The Labute approximate surface area is 89.1 Å². The molecule has 6 N–H and O–H groups in total. The minimum absolute atomic E-state index is 0.349. The summed E-state index contributed by atoms with van der Waals surface area (Å²) >= 11 is 0. The Morgan fingerprint density at radius 2 is 1.94 bits per heavy atom. The van der Waals surface area contributed by atoms with Crippen molar-refractivity contribution in [3.05, 3.63) is 12.7 Å². The molecule has 0 aliphatic carbocycles. The van der Waals surface area contributed by atoms with Gasteiger partial charge in [0.05, 0.1) is 6.33 Å². The lowest BCUT2D eigenvalue weighted by Crippen LogP contribution is -1.92. The molecule has 0 spiro atoms. The maximum atomic E-state index is 5.68. The minimum atomic E-state index is 0.349. The summed E-state index contributed by atoms with van der Waals surface area (Å²) in [4.78, 5) is 21.9. The first-order valence-corrected chi connectivity index (χ1v) is 4.51. The van der Waals surface area contributed by atoms with Crippen molar-refractivity contribution < 1.29 is 0 Å². The molecule has 3 aromatic heterocycles. The highest BCUT2D eigenvalue weighted by atomic mass is 15.1. The van der Waals surface area contributed by atoms with Crippen LogP contribution in [0.25, 0.3) is 22.7 Å². The number of nitrogen functional groups attached to an aromatic ring is 2. The van der Waals surface area contributed by atoms with Gasteiger partial charge in [-0.3, -0.25) is 0 Å². The summed E-state index contributed by atoms with van der Waals surface area (Å²) in [5, 5.41) is 0. The zero-order valence-corrected chi connectivity index (χ0v) is 8.10. The van der Waals surface area contributed by atoms with Gasteiger partial charge in [0.25, 0.3) is 0 Å². The Kier molecular flexibility index (Phi) is 1.58. The molecule has 0 bridgehead atoms. The number of rotatable bonds is 1. The molecule has 3 rings (SSSR count). The standard InChI is InChI=1S/C8H8N8/c9-5-3(11-1-12-5)8-15-4-6(10)13-2-14-7(4)16-8/h1-2H,9H2,(H,11,12)(H3,10,13,14,15,16). The number of fused-ring (bicyclic) bond motifs is 1. The molecule has 0 unspecified atom stereocenters. The van der Waals surface area contributed by atoms with Crippen molar-refractivity contribution in [2.75, 3.05) is 11.5 Å². The highest BCUT2D eigenvalue weighted by molar-refractivity contribution is 5.84. The monoisotopic (exact) mass is 216 g/mol. The van der Waals surface area contributed by atoms with Gasteiger partial charge in [-0.05, 0) is 0 Å². The van der Waals surface area contributed by atoms with E-state index in [2.05, 4.69) is 29.9 Å². The predicted octanol–water partition coefficient (Wildman–Crippen LogP) is -0.0926. The van der Waals surface area contributed by atoms with Gasteiger partial charge < -0.3 is 21.4 Å². The molecule has 0 saturated carbocycles. The van der Waals surface area contributed by atoms with Crippen LogP contribution < -0.4 is 11.5 Å². The molecule has 0 saturated heterocycles. The van der Waals surface area contributed by atoms with Crippen LogP contribution in [0.3, 0.4) is 0 Å². The first-order chi connectivity index (χ1) is 7.75. The van der Waals surface area contributed by atoms with Crippen LogP contribution >= 0.6 is 0 Å². The number of aromatic nitrogens is 6. The third-order valence-electron chi connectivity index (χ3n) is 2.22. The Hall–Kier alpha value is -2.64. The summed E-state index contributed by atoms with van der Waals surface area (Å²) < 4.78 is 0. The van der Waals surface area contributed by atoms with Gasteiger partial charge in [-0.2, -0.15) is 0 Å². The van der Waals surface area contributed by atoms with E-state index in [1.807, 2.05) is 0 Å². The van der Waals surface area contributed by atoms with Gasteiger partial charge in [-0.1, -0.05) is 0 Å². The lowest BCUT2D eigenvalue weighted by molar-refractivity contribution is 1.20. The predicted molar refractivity (Wildman–Crippen MR) is 58.1 cm³/mol.